The van der Waals surface area contributed by atoms with Gasteiger partial charge in [-0.25, -0.2) is 0 Å². The predicted molar refractivity (Wildman–Crippen MR) is 118 cm³/mol. The summed E-state index contributed by atoms with van der Waals surface area (Å²) in [4.78, 5) is 38.4. The summed E-state index contributed by atoms with van der Waals surface area (Å²) < 4.78 is 0. The van der Waals surface area contributed by atoms with Gasteiger partial charge in [-0.15, -0.1) is 0 Å². The molecule has 3 amide bonds. The first-order valence-electron chi connectivity index (χ1n) is 9.96. The van der Waals surface area contributed by atoms with E-state index in [1.165, 1.54) is 0 Å². The number of carbonyl (C=O) groups excluding carboxylic acids is 3. The molecule has 0 spiro atoms. The standard InChI is InChI=1S/C23H30N4O3/c1-16(2)13-25-23(30)19-7-5-6-8-20(19)26-21(28)15-27(4)14-17-9-11-18(12-10-17)22(29)24-3/h5-12,16H,13-15H2,1-4H3,(H,24,29)(H,25,30)(H,26,28). The molecular weight excluding hydrogens is 380 g/mol. The largest absolute Gasteiger partial charge is 0.355 e. The molecule has 2 rings (SSSR count). The second-order valence-corrected chi connectivity index (χ2v) is 7.65. The molecule has 0 radical (unpaired) electrons. The highest BCUT2D eigenvalue weighted by Crippen LogP contribution is 2.15. The van der Waals surface area contributed by atoms with Crippen LogP contribution in [0.3, 0.4) is 0 Å². The van der Waals surface area contributed by atoms with Gasteiger partial charge in [-0.1, -0.05) is 38.1 Å². The van der Waals surface area contributed by atoms with E-state index in [4.69, 9.17) is 0 Å². The van der Waals surface area contributed by atoms with Gasteiger partial charge < -0.3 is 16.0 Å². The quantitative estimate of drug-likeness (QED) is 0.592. The Hall–Kier alpha value is -3.19. The van der Waals surface area contributed by atoms with Crippen LogP contribution >= 0.6 is 0 Å². The number of para-hydroxylation sites is 1. The Morgan fingerprint density at radius 1 is 0.967 bits per heavy atom. The predicted octanol–water partition coefficient (Wildman–Crippen LogP) is 2.50. The minimum Gasteiger partial charge on any atom is -0.355 e. The number of amides is 3. The highest BCUT2D eigenvalue weighted by Gasteiger charge is 2.14. The van der Waals surface area contributed by atoms with Gasteiger partial charge in [0.05, 0.1) is 17.8 Å². The maximum absolute atomic E-state index is 12.5. The van der Waals surface area contributed by atoms with Gasteiger partial charge in [0.1, 0.15) is 0 Å². The topological polar surface area (TPSA) is 90.5 Å². The molecule has 160 valence electrons. The third-order valence-electron chi connectivity index (χ3n) is 4.43. The number of hydrogen-bond donors (Lipinski definition) is 3. The minimum absolute atomic E-state index is 0.134. The maximum Gasteiger partial charge on any atom is 0.253 e. The number of hydrogen-bond acceptors (Lipinski definition) is 4. The average Bonchev–Trinajstić information content (AvgIpc) is 2.72. The number of rotatable bonds is 9. The lowest BCUT2D eigenvalue weighted by Crippen LogP contribution is -2.32. The van der Waals surface area contributed by atoms with Crippen molar-refractivity contribution >= 4 is 23.4 Å². The zero-order valence-electron chi connectivity index (χ0n) is 18.0. The summed E-state index contributed by atoms with van der Waals surface area (Å²) in [6, 6.07) is 14.2. The molecule has 0 saturated heterocycles. The lowest BCUT2D eigenvalue weighted by Gasteiger charge is -2.17. The highest BCUT2D eigenvalue weighted by atomic mass is 16.2. The molecule has 0 fully saturated rings. The van der Waals surface area contributed by atoms with Crippen LogP contribution in [0.1, 0.15) is 40.1 Å². The third-order valence-corrected chi connectivity index (χ3v) is 4.43. The fraction of sp³-hybridized carbons (Fsp3) is 0.348. The van der Waals surface area contributed by atoms with Crippen LogP contribution in [0.5, 0.6) is 0 Å². The zero-order valence-corrected chi connectivity index (χ0v) is 18.0. The number of nitrogens with one attached hydrogen (secondary N) is 3. The molecule has 7 nitrogen and oxygen atoms in total. The first kappa shape index (κ1) is 23.1. The SMILES string of the molecule is CNC(=O)c1ccc(CN(C)CC(=O)Nc2ccccc2C(=O)NCC(C)C)cc1. The Morgan fingerprint density at radius 3 is 2.27 bits per heavy atom. The van der Waals surface area contributed by atoms with Gasteiger partial charge in [0.25, 0.3) is 11.8 Å². The number of benzene rings is 2. The van der Waals surface area contributed by atoms with Gasteiger partial charge in [-0.3, -0.25) is 19.3 Å². The van der Waals surface area contributed by atoms with Crippen LogP contribution < -0.4 is 16.0 Å². The van der Waals surface area contributed by atoms with Crippen molar-refractivity contribution in [1.29, 1.82) is 0 Å². The lowest BCUT2D eigenvalue weighted by molar-refractivity contribution is -0.117. The Bertz CT molecular complexity index is 878. The second-order valence-electron chi connectivity index (χ2n) is 7.65. The molecule has 7 heteroatoms. The third kappa shape index (κ3) is 7.00. The molecule has 0 saturated carbocycles. The summed E-state index contributed by atoms with van der Waals surface area (Å²) in [6.07, 6.45) is 0. The molecule has 0 unspecified atom stereocenters. The van der Waals surface area contributed by atoms with E-state index in [9.17, 15) is 14.4 Å². The number of likely N-dealkylation sites (N-methyl/N-ethyl adjacent to an activating group) is 1. The van der Waals surface area contributed by atoms with E-state index in [1.54, 1.807) is 43.4 Å². The fourth-order valence-corrected chi connectivity index (χ4v) is 2.89. The molecule has 2 aromatic rings. The van der Waals surface area contributed by atoms with Crippen molar-refractivity contribution in [3.8, 4) is 0 Å². The molecule has 0 aliphatic heterocycles. The van der Waals surface area contributed by atoms with Crippen LogP contribution in [-0.4, -0.2) is 49.8 Å². The van der Waals surface area contributed by atoms with Crippen molar-refractivity contribution in [1.82, 2.24) is 15.5 Å². The number of anilines is 1. The van der Waals surface area contributed by atoms with E-state index in [0.29, 0.717) is 35.8 Å². The van der Waals surface area contributed by atoms with Crippen LogP contribution in [-0.2, 0) is 11.3 Å². The maximum atomic E-state index is 12.5. The van der Waals surface area contributed by atoms with Crippen molar-refractivity contribution in [2.75, 3.05) is 32.5 Å². The molecule has 0 aliphatic rings. The molecule has 30 heavy (non-hydrogen) atoms. The van der Waals surface area contributed by atoms with Crippen LogP contribution in [0, 0.1) is 5.92 Å². The van der Waals surface area contributed by atoms with Crippen molar-refractivity contribution in [3.63, 3.8) is 0 Å². The van der Waals surface area contributed by atoms with Crippen LogP contribution in [0.4, 0.5) is 5.69 Å². The zero-order chi connectivity index (χ0) is 22.1. The summed E-state index contributed by atoms with van der Waals surface area (Å²) in [5, 5.41) is 8.29. The smallest absolute Gasteiger partial charge is 0.253 e. The van der Waals surface area contributed by atoms with Crippen molar-refractivity contribution in [2.45, 2.75) is 20.4 Å². The first-order chi connectivity index (χ1) is 14.3. The number of carbonyl (C=O) groups is 3. The molecule has 2 aromatic carbocycles. The number of nitrogens with zero attached hydrogens (tertiary/aromatic N) is 1. The summed E-state index contributed by atoms with van der Waals surface area (Å²) in [5.74, 6) is -0.201. The summed E-state index contributed by atoms with van der Waals surface area (Å²) >= 11 is 0. The van der Waals surface area contributed by atoms with E-state index in [2.05, 4.69) is 16.0 Å². The molecule has 0 aliphatic carbocycles. The van der Waals surface area contributed by atoms with Crippen LogP contribution in [0.2, 0.25) is 0 Å². The summed E-state index contributed by atoms with van der Waals surface area (Å²) in [6.45, 7) is 5.34. The molecule has 0 aromatic heterocycles. The lowest BCUT2D eigenvalue weighted by atomic mass is 10.1. The van der Waals surface area contributed by atoms with Gasteiger partial charge in [-0.05, 0) is 42.8 Å². The first-order valence-corrected chi connectivity index (χ1v) is 9.96. The fourth-order valence-electron chi connectivity index (χ4n) is 2.89. The van der Waals surface area contributed by atoms with Gasteiger partial charge in [0.2, 0.25) is 5.91 Å². The molecule has 0 bridgehead atoms. The van der Waals surface area contributed by atoms with Crippen LogP contribution in [0.25, 0.3) is 0 Å². The molecule has 3 N–H and O–H groups in total. The Labute approximate surface area is 177 Å². The monoisotopic (exact) mass is 410 g/mol. The van der Waals surface area contributed by atoms with Gasteiger partial charge in [0.15, 0.2) is 0 Å². The van der Waals surface area contributed by atoms with Crippen LogP contribution in [0.15, 0.2) is 48.5 Å². The van der Waals surface area contributed by atoms with Gasteiger partial charge >= 0.3 is 0 Å². The average molecular weight is 411 g/mol. The normalized spacial score (nSPS) is 10.7. The van der Waals surface area contributed by atoms with Crippen molar-refractivity contribution in [3.05, 3.63) is 65.2 Å². The van der Waals surface area contributed by atoms with E-state index in [0.717, 1.165) is 5.56 Å². The van der Waals surface area contributed by atoms with Gasteiger partial charge in [0, 0.05) is 25.7 Å². The summed E-state index contributed by atoms with van der Waals surface area (Å²) in [7, 11) is 3.43. The second kappa shape index (κ2) is 11.1. The molecule has 0 heterocycles. The Morgan fingerprint density at radius 2 is 1.63 bits per heavy atom. The van der Waals surface area contributed by atoms with E-state index in [-0.39, 0.29) is 24.3 Å². The molecular formula is C23H30N4O3. The summed E-state index contributed by atoms with van der Waals surface area (Å²) in [5.41, 5.74) is 2.52. The Balaban J connectivity index is 1.94. The van der Waals surface area contributed by atoms with Gasteiger partial charge in [-0.2, -0.15) is 0 Å². The van der Waals surface area contributed by atoms with Crippen molar-refractivity contribution < 1.29 is 14.4 Å². The van der Waals surface area contributed by atoms with E-state index < -0.39 is 0 Å². The Kier molecular flexibility index (Phi) is 8.55. The van der Waals surface area contributed by atoms with Crippen molar-refractivity contribution in [2.24, 2.45) is 5.92 Å². The molecule has 0 atom stereocenters. The van der Waals surface area contributed by atoms with E-state index in [1.807, 2.05) is 37.9 Å². The highest BCUT2D eigenvalue weighted by molar-refractivity contribution is 6.04. The van der Waals surface area contributed by atoms with E-state index >= 15 is 0 Å². The minimum atomic E-state index is -0.205.